The molecule has 0 spiro atoms. The first kappa shape index (κ1) is 14.2. The summed E-state index contributed by atoms with van der Waals surface area (Å²) < 4.78 is 10.1. The van der Waals surface area contributed by atoms with Gasteiger partial charge in [0.15, 0.2) is 6.29 Å². The van der Waals surface area contributed by atoms with Crippen molar-refractivity contribution in [2.24, 2.45) is 0 Å². The van der Waals surface area contributed by atoms with Crippen molar-refractivity contribution >= 4 is 11.8 Å². The van der Waals surface area contributed by atoms with Crippen molar-refractivity contribution < 1.29 is 14.6 Å². The fraction of sp³-hybridized carbons (Fsp3) is 1.00. The van der Waals surface area contributed by atoms with Gasteiger partial charge in [0.2, 0.25) is 0 Å². The molecule has 0 rings (SSSR count). The standard InChI is InChI=1S/C9H21NO3S/c1-10(2)5-8(11)6-14-7-9(12-3)13-4/h8-9,11H,5-7H2,1-4H3. The molecule has 4 nitrogen and oxygen atoms in total. The summed E-state index contributed by atoms with van der Waals surface area (Å²) in [5.74, 6) is 1.46. The fourth-order valence-electron chi connectivity index (χ4n) is 1.01. The van der Waals surface area contributed by atoms with Gasteiger partial charge in [-0.25, -0.2) is 0 Å². The van der Waals surface area contributed by atoms with E-state index in [4.69, 9.17) is 9.47 Å². The molecule has 0 heterocycles. The maximum absolute atomic E-state index is 9.53. The fourth-order valence-corrected chi connectivity index (χ4v) is 1.98. The molecular weight excluding hydrogens is 202 g/mol. The first-order valence-electron chi connectivity index (χ1n) is 4.56. The zero-order valence-electron chi connectivity index (χ0n) is 9.40. The number of likely N-dealkylation sites (N-methyl/N-ethyl adjacent to an activating group) is 1. The van der Waals surface area contributed by atoms with E-state index >= 15 is 0 Å². The summed E-state index contributed by atoms with van der Waals surface area (Å²) >= 11 is 1.63. The van der Waals surface area contributed by atoms with Crippen LogP contribution in [-0.4, -0.2) is 68.8 Å². The molecule has 1 N–H and O–H groups in total. The third kappa shape index (κ3) is 7.58. The largest absolute Gasteiger partial charge is 0.391 e. The number of hydrogen-bond acceptors (Lipinski definition) is 5. The molecule has 86 valence electrons. The van der Waals surface area contributed by atoms with Crippen LogP contribution in [0.15, 0.2) is 0 Å². The Kier molecular flexibility index (Phi) is 8.61. The van der Waals surface area contributed by atoms with Gasteiger partial charge in [0.1, 0.15) is 0 Å². The second-order valence-corrected chi connectivity index (χ2v) is 4.43. The molecule has 0 saturated heterocycles. The Morgan fingerprint density at radius 3 is 2.21 bits per heavy atom. The number of aliphatic hydroxyl groups is 1. The van der Waals surface area contributed by atoms with Crippen molar-refractivity contribution in [3.8, 4) is 0 Å². The lowest BCUT2D eigenvalue weighted by molar-refractivity contribution is -0.0842. The van der Waals surface area contributed by atoms with Gasteiger partial charge in [-0.05, 0) is 14.1 Å². The molecule has 14 heavy (non-hydrogen) atoms. The normalized spacial score (nSPS) is 13.9. The molecule has 0 saturated carbocycles. The molecule has 0 radical (unpaired) electrons. The van der Waals surface area contributed by atoms with Crippen LogP contribution in [0.25, 0.3) is 0 Å². The van der Waals surface area contributed by atoms with Crippen LogP contribution in [0.3, 0.4) is 0 Å². The van der Waals surface area contributed by atoms with Gasteiger partial charge in [0.05, 0.1) is 6.10 Å². The van der Waals surface area contributed by atoms with E-state index < -0.39 is 0 Å². The van der Waals surface area contributed by atoms with Gasteiger partial charge >= 0.3 is 0 Å². The molecule has 5 heteroatoms. The lowest BCUT2D eigenvalue weighted by Crippen LogP contribution is -2.28. The van der Waals surface area contributed by atoms with Crippen LogP contribution in [0.4, 0.5) is 0 Å². The summed E-state index contributed by atoms with van der Waals surface area (Å²) in [6.07, 6.45) is -0.462. The van der Waals surface area contributed by atoms with Gasteiger partial charge in [-0.2, -0.15) is 11.8 Å². The predicted molar refractivity (Wildman–Crippen MR) is 59.7 cm³/mol. The topological polar surface area (TPSA) is 41.9 Å². The van der Waals surface area contributed by atoms with Crippen LogP contribution < -0.4 is 0 Å². The van der Waals surface area contributed by atoms with Crippen LogP contribution in [0.1, 0.15) is 0 Å². The number of thioether (sulfide) groups is 1. The number of hydrogen-bond donors (Lipinski definition) is 1. The summed E-state index contributed by atoms with van der Waals surface area (Å²) in [5, 5.41) is 9.53. The van der Waals surface area contributed by atoms with Crippen molar-refractivity contribution in [3.63, 3.8) is 0 Å². The summed E-state index contributed by atoms with van der Waals surface area (Å²) in [4.78, 5) is 1.97. The molecule has 0 aliphatic heterocycles. The van der Waals surface area contributed by atoms with E-state index in [1.165, 1.54) is 0 Å². The van der Waals surface area contributed by atoms with Gasteiger partial charge in [0, 0.05) is 32.3 Å². The Labute approximate surface area is 90.6 Å². The SMILES string of the molecule is COC(CSCC(O)CN(C)C)OC. The molecule has 1 atom stereocenters. The van der Waals surface area contributed by atoms with Crippen LogP contribution >= 0.6 is 11.8 Å². The molecule has 0 amide bonds. The highest BCUT2D eigenvalue weighted by molar-refractivity contribution is 7.99. The first-order valence-corrected chi connectivity index (χ1v) is 5.71. The van der Waals surface area contributed by atoms with E-state index in [-0.39, 0.29) is 12.4 Å². The molecule has 0 aliphatic carbocycles. The molecule has 0 fully saturated rings. The van der Waals surface area contributed by atoms with Crippen LogP contribution in [0.2, 0.25) is 0 Å². The van der Waals surface area contributed by atoms with E-state index in [0.29, 0.717) is 12.3 Å². The Balaban J connectivity index is 3.42. The van der Waals surface area contributed by atoms with Crippen LogP contribution in [0.5, 0.6) is 0 Å². The minimum absolute atomic E-state index is 0.174. The van der Waals surface area contributed by atoms with Crippen molar-refractivity contribution in [1.82, 2.24) is 4.90 Å². The summed E-state index contributed by atoms with van der Waals surface area (Å²) in [7, 11) is 7.12. The van der Waals surface area contributed by atoms with Gasteiger partial charge in [-0.15, -0.1) is 0 Å². The first-order chi connectivity index (χ1) is 6.60. The predicted octanol–water partition coefficient (Wildman–Crippen LogP) is 0.261. The molecule has 0 bridgehead atoms. The van der Waals surface area contributed by atoms with Gasteiger partial charge in [-0.3, -0.25) is 0 Å². The number of nitrogens with zero attached hydrogens (tertiary/aromatic N) is 1. The van der Waals surface area contributed by atoms with Crippen molar-refractivity contribution in [1.29, 1.82) is 0 Å². The molecule has 1 unspecified atom stereocenters. The Morgan fingerprint density at radius 1 is 1.21 bits per heavy atom. The van der Waals surface area contributed by atoms with E-state index in [9.17, 15) is 5.11 Å². The van der Waals surface area contributed by atoms with Crippen LogP contribution in [0, 0.1) is 0 Å². The number of aliphatic hydroxyl groups excluding tert-OH is 1. The average Bonchev–Trinajstić information content (AvgIpc) is 2.11. The number of ether oxygens (including phenoxy) is 2. The quantitative estimate of drug-likeness (QED) is 0.598. The summed E-state index contributed by atoms with van der Waals surface area (Å²) in [5.41, 5.74) is 0. The molecular formula is C9H21NO3S. The summed E-state index contributed by atoms with van der Waals surface area (Å²) in [6, 6.07) is 0. The highest BCUT2D eigenvalue weighted by atomic mass is 32.2. The minimum Gasteiger partial charge on any atom is -0.391 e. The van der Waals surface area contributed by atoms with E-state index in [1.54, 1.807) is 26.0 Å². The van der Waals surface area contributed by atoms with Crippen LogP contribution in [-0.2, 0) is 9.47 Å². The zero-order chi connectivity index (χ0) is 11.0. The molecule has 0 aromatic heterocycles. The maximum atomic E-state index is 9.53. The number of rotatable bonds is 8. The maximum Gasteiger partial charge on any atom is 0.165 e. The third-order valence-corrected chi connectivity index (χ3v) is 2.79. The van der Waals surface area contributed by atoms with Crippen molar-refractivity contribution in [2.45, 2.75) is 12.4 Å². The molecule has 0 aromatic rings. The lowest BCUT2D eigenvalue weighted by Gasteiger charge is -2.17. The molecule has 0 aliphatic rings. The lowest BCUT2D eigenvalue weighted by atomic mass is 10.4. The number of methoxy groups -OCH3 is 2. The highest BCUT2D eigenvalue weighted by Crippen LogP contribution is 2.08. The third-order valence-electron chi connectivity index (χ3n) is 1.67. The Bertz CT molecular complexity index is 131. The molecule has 0 aromatic carbocycles. The smallest absolute Gasteiger partial charge is 0.165 e. The van der Waals surface area contributed by atoms with E-state index in [2.05, 4.69) is 0 Å². The second-order valence-electron chi connectivity index (χ2n) is 3.35. The Hall–Kier alpha value is 0.190. The van der Waals surface area contributed by atoms with Gasteiger partial charge in [-0.1, -0.05) is 0 Å². The Morgan fingerprint density at radius 2 is 1.79 bits per heavy atom. The highest BCUT2D eigenvalue weighted by Gasteiger charge is 2.09. The van der Waals surface area contributed by atoms with Gasteiger partial charge in [0.25, 0.3) is 0 Å². The van der Waals surface area contributed by atoms with E-state index in [0.717, 1.165) is 5.75 Å². The minimum atomic E-state index is -0.288. The average molecular weight is 223 g/mol. The zero-order valence-corrected chi connectivity index (χ0v) is 10.2. The second kappa shape index (κ2) is 8.49. The summed E-state index contributed by atoms with van der Waals surface area (Å²) in [6.45, 7) is 0.692. The van der Waals surface area contributed by atoms with Crippen molar-refractivity contribution in [2.75, 3.05) is 46.4 Å². The monoisotopic (exact) mass is 223 g/mol. The van der Waals surface area contributed by atoms with Crippen molar-refractivity contribution in [3.05, 3.63) is 0 Å². The van der Waals surface area contributed by atoms with E-state index in [1.807, 2.05) is 19.0 Å². The van der Waals surface area contributed by atoms with Gasteiger partial charge < -0.3 is 19.5 Å².